The molecule has 0 amide bonds. The SMILES string of the molecule is CC1(C)c2ccccc2-c2ccc(N(c3cccc4sc5c6ccccc6ccc5c34)c3cc(C4(c5ccccc5)c5ccccc5-c5ccccc54)cc4c3c3ccccc3n4-c3ccccc3)cc21. The van der Waals surface area contributed by atoms with Gasteiger partial charge in [-0.15, -0.1) is 11.3 Å². The van der Waals surface area contributed by atoms with Gasteiger partial charge < -0.3 is 9.47 Å². The summed E-state index contributed by atoms with van der Waals surface area (Å²) in [5, 5.41) is 7.51. The Morgan fingerprint density at radius 2 is 1.01 bits per heavy atom. The summed E-state index contributed by atoms with van der Waals surface area (Å²) in [6, 6.07) is 91.4. The van der Waals surface area contributed by atoms with Gasteiger partial charge in [0.2, 0.25) is 0 Å². The number of hydrogen-bond donors (Lipinski definition) is 0. The van der Waals surface area contributed by atoms with Gasteiger partial charge in [0.15, 0.2) is 0 Å². The second-order valence-electron chi connectivity index (χ2n) is 19.9. The van der Waals surface area contributed by atoms with E-state index in [1.54, 1.807) is 0 Å². The average molecular weight is 923 g/mol. The minimum atomic E-state index is -0.650. The van der Waals surface area contributed by atoms with Crippen molar-refractivity contribution >= 4 is 81.1 Å². The van der Waals surface area contributed by atoms with E-state index in [-0.39, 0.29) is 5.41 Å². The Morgan fingerprint density at radius 3 is 1.77 bits per heavy atom. The summed E-state index contributed by atoms with van der Waals surface area (Å²) < 4.78 is 5.10. The first-order chi connectivity index (χ1) is 35.0. The Hall–Kier alpha value is -8.50. The van der Waals surface area contributed by atoms with E-state index in [1.807, 2.05) is 11.3 Å². The molecule has 0 unspecified atom stereocenters. The number of anilines is 3. The molecule has 11 aromatic carbocycles. The number of fused-ring (bicyclic) bond motifs is 14. The maximum atomic E-state index is 2.64. The van der Waals surface area contributed by atoms with E-state index in [1.165, 1.54) is 103 Å². The topological polar surface area (TPSA) is 8.17 Å². The molecular weight excluding hydrogens is 877 g/mol. The van der Waals surface area contributed by atoms with E-state index in [4.69, 9.17) is 0 Å². The molecule has 0 radical (unpaired) electrons. The molecule has 0 atom stereocenters. The number of benzene rings is 11. The predicted molar refractivity (Wildman–Crippen MR) is 301 cm³/mol. The van der Waals surface area contributed by atoms with Gasteiger partial charge in [-0.25, -0.2) is 0 Å². The van der Waals surface area contributed by atoms with Gasteiger partial charge in [0.1, 0.15) is 0 Å². The van der Waals surface area contributed by atoms with Crippen molar-refractivity contribution in [2.75, 3.05) is 4.90 Å². The maximum Gasteiger partial charge on any atom is 0.0715 e. The molecule has 0 saturated carbocycles. The largest absolute Gasteiger partial charge is 0.309 e. The van der Waals surface area contributed by atoms with Crippen molar-refractivity contribution in [2.45, 2.75) is 24.7 Å². The maximum absolute atomic E-state index is 2.64. The van der Waals surface area contributed by atoms with Crippen LogP contribution in [0.15, 0.2) is 243 Å². The summed E-state index contributed by atoms with van der Waals surface area (Å²) in [5.41, 5.74) is 19.0. The molecule has 0 aliphatic heterocycles. The highest BCUT2D eigenvalue weighted by Gasteiger charge is 2.47. The van der Waals surface area contributed by atoms with Crippen molar-refractivity contribution in [1.82, 2.24) is 4.57 Å². The lowest BCUT2D eigenvalue weighted by atomic mass is 9.67. The molecule has 0 saturated heterocycles. The second-order valence-corrected chi connectivity index (χ2v) is 21.0. The molecule has 2 heterocycles. The van der Waals surface area contributed by atoms with Gasteiger partial charge in [0.05, 0.1) is 27.8 Å². The average Bonchev–Trinajstić information content (AvgIpc) is 4.14. The molecule has 0 spiro atoms. The number of aromatic nitrogens is 1. The van der Waals surface area contributed by atoms with E-state index < -0.39 is 5.41 Å². The molecule has 2 aromatic heterocycles. The van der Waals surface area contributed by atoms with Crippen LogP contribution in [0.5, 0.6) is 0 Å². The lowest BCUT2D eigenvalue weighted by molar-refractivity contribution is 0.660. The van der Waals surface area contributed by atoms with Crippen molar-refractivity contribution < 1.29 is 0 Å². The monoisotopic (exact) mass is 922 g/mol. The van der Waals surface area contributed by atoms with Crippen LogP contribution in [0.3, 0.4) is 0 Å². The van der Waals surface area contributed by atoms with Crippen LogP contribution in [0.25, 0.3) is 80.7 Å². The van der Waals surface area contributed by atoms with Gasteiger partial charge in [0.25, 0.3) is 0 Å². The van der Waals surface area contributed by atoms with Crippen LogP contribution in [-0.4, -0.2) is 4.57 Å². The summed E-state index contributed by atoms with van der Waals surface area (Å²) in [7, 11) is 0. The zero-order chi connectivity index (χ0) is 47.0. The summed E-state index contributed by atoms with van der Waals surface area (Å²) in [4.78, 5) is 2.64. The summed E-state index contributed by atoms with van der Waals surface area (Å²) in [6.07, 6.45) is 0. The van der Waals surface area contributed by atoms with Gasteiger partial charge in [-0.05, 0) is 121 Å². The van der Waals surface area contributed by atoms with Gasteiger partial charge in [0, 0.05) is 47.7 Å². The molecule has 0 fully saturated rings. The third-order valence-electron chi connectivity index (χ3n) is 16.0. The van der Waals surface area contributed by atoms with E-state index in [0.29, 0.717) is 0 Å². The Morgan fingerprint density at radius 1 is 0.394 bits per heavy atom. The summed E-state index contributed by atoms with van der Waals surface area (Å²) >= 11 is 1.91. The zero-order valence-corrected chi connectivity index (χ0v) is 40.2. The molecule has 2 aliphatic carbocycles. The highest BCUT2D eigenvalue weighted by Crippen LogP contribution is 2.59. The van der Waals surface area contributed by atoms with Gasteiger partial charge in [-0.2, -0.15) is 0 Å². The fraction of sp³-hybridized carbons (Fsp3) is 0.0588. The van der Waals surface area contributed by atoms with Crippen molar-refractivity contribution in [1.29, 1.82) is 0 Å². The third kappa shape index (κ3) is 5.53. The van der Waals surface area contributed by atoms with E-state index in [0.717, 1.165) is 28.3 Å². The zero-order valence-electron chi connectivity index (χ0n) is 39.4. The van der Waals surface area contributed by atoms with Crippen molar-refractivity contribution in [3.8, 4) is 27.9 Å². The molecule has 3 heteroatoms. The lowest BCUT2D eigenvalue weighted by Gasteiger charge is -2.36. The summed E-state index contributed by atoms with van der Waals surface area (Å²) in [6.45, 7) is 4.80. The molecule has 2 nitrogen and oxygen atoms in total. The first kappa shape index (κ1) is 40.4. The van der Waals surface area contributed by atoms with E-state index >= 15 is 0 Å². The van der Waals surface area contributed by atoms with Crippen molar-refractivity contribution in [3.63, 3.8) is 0 Å². The van der Waals surface area contributed by atoms with Crippen LogP contribution in [0, 0.1) is 0 Å². The minimum absolute atomic E-state index is 0.206. The lowest BCUT2D eigenvalue weighted by Crippen LogP contribution is -2.29. The van der Waals surface area contributed by atoms with Gasteiger partial charge in [-0.3, -0.25) is 0 Å². The third-order valence-corrected chi connectivity index (χ3v) is 17.2. The Kier molecular flexibility index (Phi) is 8.53. The normalized spacial score (nSPS) is 14.0. The van der Waals surface area contributed by atoms with E-state index in [9.17, 15) is 0 Å². The fourth-order valence-corrected chi connectivity index (χ4v) is 14.3. The first-order valence-electron chi connectivity index (χ1n) is 24.8. The molecular formula is C68H46N2S. The van der Waals surface area contributed by atoms with Crippen LogP contribution < -0.4 is 4.90 Å². The molecule has 0 N–H and O–H groups in total. The minimum Gasteiger partial charge on any atom is -0.309 e. The number of nitrogens with zero attached hydrogens (tertiary/aromatic N) is 2. The molecule has 0 bridgehead atoms. The van der Waals surface area contributed by atoms with Crippen molar-refractivity contribution in [2.24, 2.45) is 0 Å². The number of thiophene rings is 1. The van der Waals surface area contributed by atoms with Crippen molar-refractivity contribution in [3.05, 3.63) is 276 Å². The molecule has 334 valence electrons. The highest BCUT2D eigenvalue weighted by molar-refractivity contribution is 7.26. The molecule has 15 rings (SSSR count). The Balaban J connectivity index is 1.14. The summed E-state index contributed by atoms with van der Waals surface area (Å²) in [5.74, 6) is 0. The van der Waals surface area contributed by atoms with Crippen LogP contribution in [0.2, 0.25) is 0 Å². The van der Waals surface area contributed by atoms with Crippen LogP contribution in [-0.2, 0) is 10.8 Å². The number of hydrogen-bond acceptors (Lipinski definition) is 2. The van der Waals surface area contributed by atoms with Crippen LogP contribution >= 0.6 is 11.3 Å². The standard InChI is InChI=1S/C68H46N2S/c1-67(2)55-30-15-11-26-49(55)52-39-37-47(42-58(52)67)70(60-34-19-35-63-65(60)54-38-36-43-20-9-10-25-48(43)66(54)71-63)62-41-45(40-61-64(62)53-29-14-18-33-59(53)69(61)46-23-7-4-8-24-46)68(44-21-5-3-6-22-44)56-31-16-12-27-50(56)51-28-13-17-32-57(51)68/h3-42H,1-2H3. The molecule has 13 aromatic rings. The Labute approximate surface area is 417 Å². The molecule has 2 aliphatic rings. The van der Waals surface area contributed by atoms with Crippen LogP contribution in [0.1, 0.15) is 47.2 Å². The van der Waals surface area contributed by atoms with Gasteiger partial charge in [-0.1, -0.05) is 202 Å². The smallest absolute Gasteiger partial charge is 0.0715 e. The Bertz CT molecular complexity index is 4280. The first-order valence-corrected chi connectivity index (χ1v) is 25.6. The van der Waals surface area contributed by atoms with Gasteiger partial charge >= 0.3 is 0 Å². The number of rotatable bonds is 6. The molecule has 71 heavy (non-hydrogen) atoms. The fourth-order valence-electron chi connectivity index (χ4n) is 13.0. The highest BCUT2D eigenvalue weighted by atomic mass is 32.1. The van der Waals surface area contributed by atoms with Crippen LogP contribution in [0.4, 0.5) is 17.1 Å². The van der Waals surface area contributed by atoms with E-state index in [2.05, 4.69) is 266 Å². The second kappa shape index (κ2) is 15.0. The quantitative estimate of drug-likeness (QED) is 0.161. The number of para-hydroxylation sites is 2. The predicted octanol–water partition coefficient (Wildman–Crippen LogP) is 18.4.